The Morgan fingerprint density at radius 3 is 2.85 bits per heavy atom. The van der Waals surface area contributed by atoms with Gasteiger partial charge in [-0.2, -0.15) is 0 Å². The van der Waals surface area contributed by atoms with E-state index in [9.17, 15) is 4.79 Å². The molecule has 7 heteroatoms. The number of carbonyl (C=O) groups excluding carboxylic acids is 1. The molecule has 0 atom stereocenters. The number of anilines is 1. The van der Waals surface area contributed by atoms with Crippen molar-refractivity contribution < 1.29 is 4.79 Å². The van der Waals surface area contributed by atoms with Gasteiger partial charge in [-0.15, -0.1) is 16.8 Å². The number of rotatable bonds is 7. The van der Waals surface area contributed by atoms with E-state index in [-0.39, 0.29) is 11.7 Å². The van der Waals surface area contributed by atoms with Gasteiger partial charge in [0.2, 0.25) is 5.91 Å². The first-order valence-electron chi connectivity index (χ1n) is 9.31. The van der Waals surface area contributed by atoms with Crippen molar-refractivity contribution >= 4 is 35.0 Å². The van der Waals surface area contributed by atoms with Crippen molar-refractivity contribution in [3.63, 3.8) is 0 Å². The third-order valence-corrected chi connectivity index (χ3v) is 6.19. The molecule has 0 aliphatic heterocycles. The molecule has 1 saturated carbocycles. The summed E-state index contributed by atoms with van der Waals surface area (Å²) in [6.07, 6.45) is 7.97. The SMILES string of the molecule is C=CCn1c(SCC(=O)Nc2ccc(C)c(Cl)c2)nnc1C1CCCCC1. The first-order valence-corrected chi connectivity index (χ1v) is 10.7. The fourth-order valence-corrected chi connectivity index (χ4v) is 4.30. The number of nitrogens with zero attached hydrogens (tertiary/aromatic N) is 3. The summed E-state index contributed by atoms with van der Waals surface area (Å²) in [5.41, 5.74) is 1.68. The highest BCUT2D eigenvalue weighted by Crippen LogP contribution is 2.33. The molecule has 1 amide bonds. The van der Waals surface area contributed by atoms with Crippen LogP contribution in [-0.4, -0.2) is 26.4 Å². The molecule has 1 N–H and O–H groups in total. The van der Waals surface area contributed by atoms with Crippen molar-refractivity contribution in [2.45, 2.75) is 56.6 Å². The standard InChI is InChI=1S/C20H25ClN4OS/c1-3-11-25-19(15-7-5-4-6-8-15)23-24-20(25)27-13-18(26)22-16-10-9-14(2)17(21)12-16/h3,9-10,12,15H,1,4-8,11,13H2,2H3,(H,22,26). The number of nitrogens with one attached hydrogen (secondary N) is 1. The molecule has 0 saturated heterocycles. The van der Waals surface area contributed by atoms with E-state index < -0.39 is 0 Å². The second-order valence-electron chi connectivity index (χ2n) is 6.88. The van der Waals surface area contributed by atoms with Crippen molar-refractivity contribution in [1.29, 1.82) is 0 Å². The molecule has 1 heterocycles. The molecular formula is C20H25ClN4OS. The summed E-state index contributed by atoms with van der Waals surface area (Å²) in [5, 5.41) is 13.1. The van der Waals surface area contributed by atoms with Crippen LogP contribution in [0.1, 0.15) is 49.4 Å². The maximum Gasteiger partial charge on any atom is 0.234 e. The van der Waals surface area contributed by atoms with Gasteiger partial charge in [-0.3, -0.25) is 4.79 Å². The number of aromatic nitrogens is 3. The highest BCUT2D eigenvalue weighted by atomic mass is 35.5. The number of allylic oxidation sites excluding steroid dienone is 1. The molecule has 0 unspecified atom stereocenters. The summed E-state index contributed by atoms with van der Waals surface area (Å²) in [4.78, 5) is 12.3. The Labute approximate surface area is 169 Å². The third-order valence-electron chi connectivity index (χ3n) is 4.82. The number of halogens is 1. The lowest BCUT2D eigenvalue weighted by molar-refractivity contribution is -0.113. The lowest BCUT2D eigenvalue weighted by Gasteiger charge is -2.21. The minimum absolute atomic E-state index is 0.0905. The van der Waals surface area contributed by atoms with E-state index >= 15 is 0 Å². The first kappa shape index (κ1) is 20.0. The van der Waals surface area contributed by atoms with E-state index in [4.69, 9.17) is 11.6 Å². The minimum atomic E-state index is -0.0905. The molecule has 27 heavy (non-hydrogen) atoms. The predicted molar refractivity (Wildman–Crippen MR) is 112 cm³/mol. The fraction of sp³-hybridized carbons (Fsp3) is 0.450. The Balaban J connectivity index is 1.64. The quantitative estimate of drug-likeness (QED) is 0.508. The summed E-state index contributed by atoms with van der Waals surface area (Å²) in [7, 11) is 0. The molecular weight excluding hydrogens is 380 g/mol. The number of aryl methyl sites for hydroxylation is 1. The topological polar surface area (TPSA) is 59.8 Å². The third kappa shape index (κ3) is 5.14. The second-order valence-corrected chi connectivity index (χ2v) is 8.23. The largest absolute Gasteiger partial charge is 0.325 e. The Kier molecular flexibility index (Phi) is 6.96. The van der Waals surface area contributed by atoms with E-state index in [1.165, 1.54) is 31.0 Å². The highest BCUT2D eigenvalue weighted by molar-refractivity contribution is 7.99. The average Bonchev–Trinajstić information content (AvgIpc) is 3.07. The van der Waals surface area contributed by atoms with Gasteiger partial charge in [0.25, 0.3) is 0 Å². The summed E-state index contributed by atoms with van der Waals surface area (Å²) >= 11 is 7.52. The van der Waals surface area contributed by atoms with E-state index in [2.05, 4.69) is 26.7 Å². The highest BCUT2D eigenvalue weighted by Gasteiger charge is 2.23. The van der Waals surface area contributed by atoms with Gasteiger partial charge < -0.3 is 9.88 Å². The zero-order chi connectivity index (χ0) is 19.2. The van der Waals surface area contributed by atoms with Crippen LogP contribution in [0.3, 0.4) is 0 Å². The van der Waals surface area contributed by atoms with E-state index in [0.717, 1.165) is 29.4 Å². The molecule has 5 nitrogen and oxygen atoms in total. The van der Waals surface area contributed by atoms with Gasteiger partial charge >= 0.3 is 0 Å². The minimum Gasteiger partial charge on any atom is -0.325 e. The summed E-state index contributed by atoms with van der Waals surface area (Å²) in [5.74, 6) is 1.67. The molecule has 0 bridgehead atoms. The van der Waals surface area contributed by atoms with Crippen LogP contribution in [-0.2, 0) is 11.3 Å². The van der Waals surface area contributed by atoms with E-state index in [1.54, 1.807) is 6.07 Å². The van der Waals surface area contributed by atoms with Crippen LogP contribution < -0.4 is 5.32 Å². The van der Waals surface area contributed by atoms with Gasteiger partial charge in [-0.25, -0.2) is 0 Å². The smallest absolute Gasteiger partial charge is 0.234 e. The number of thioether (sulfide) groups is 1. The van der Waals surface area contributed by atoms with Crippen LogP contribution in [0.2, 0.25) is 5.02 Å². The van der Waals surface area contributed by atoms with Gasteiger partial charge in [0.15, 0.2) is 5.16 Å². The Morgan fingerprint density at radius 1 is 1.37 bits per heavy atom. The lowest BCUT2D eigenvalue weighted by atomic mass is 9.89. The molecule has 144 valence electrons. The van der Waals surface area contributed by atoms with Gasteiger partial charge in [0.05, 0.1) is 5.75 Å². The molecule has 1 aliphatic rings. The van der Waals surface area contributed by atoms with Crippen LogP contribution >= 0.6 is 23.4 Å². The molecule has 3 rings (SSSR count). The van der Waals surface area contributed by atoms with Gasteiger partial charge in [0, 0.05) is 23.2 Å². The maximum absolute atomic E-state index is 12.3. The van der Waals surface area contributed by atoms with Crippen LogP contribution in [0, 0.1) is 6.92 Å². The second kappa shape index (κ2) is 9.42. The Bertz CT molecular complexity index is 814. The summed E-state index contributed by atoms with van der Waals surface area (Å²) < 4.78 is 2.10. The van der Waals surface area contributed by atoms with Crippen molar-refractivity contribution in [1.82, 2.24) is 14.8 Å². The lowest BCUT2D eigenvalue weighted by Crippen LogP contribution is -2.15. The van der Waals surface area contributed by atoms with Gasteiger partial charge in [0.1, 0.15) is 5.82 Å². The Morgan fingerprint density at radius 2 is 2.15 bits per heavy atom. The normalized spacial score (nSPS) is 14.9. The van der Waals surface area contributed by atoms with Crippen LogP contribution in [0.15, 0.2) is 36.0 Å². The molecule has 1 fully saturated rings. The van der Waals surface area contributed by atoms with Gasteiger partial charge in [-0.1, -0.05) is 54.8 Å². The van der Waals surface area contributed by atoms with Gasteiger partial charge in [-0.05, 0) is 37.5 Å². The number of carbonyl (C=O) groups is 1. The number of hydrogen-bond donors (Lipinski definition) is 1. The number of hydrogen-bond acceptors (Lipinski definition) is 4. The first-order chi connectivity index (χ1) is 13.1. The summed E-state index contributed by atoms with van der Waals surface area (Å²) in [6, 6.07) is 5.51. The van der Waals surface area contributed by atoms with Crippen LogP contribution in [0.25, 0.3) is 0 Å². The molecule has 1 aliphatic carbocycles. The number of benzene rings is 1. The monoisotopic (exact) mass is 404 g/mol. The molecule has 1 aromatic carbocycles. The van der Waals surface area contributed by atoms with E-state index in [0.29, 0.717) is 23.2 Å². The average molecular weight is 405 g/mol. The van der Waals surface area contributed by atoms with E-state index in [1.807, 2.05) is 25.1 Å². The predicted octanol–water partition coefficient (Wildman–Crippen LogP) is 5.20. The maximum atomic E-state index is 12.3. The van der Waals surface area contributed by atoms with Crippen LogP contribution in [0.5, 0.6) is 0 Å². The molecule has 1 aromatic heterocycles. The van der Waals surface area contributed by atoms with Crippen molar-refractivity contribution in [3.8, 4) is 0 Å². The molecule has 2 aromatic rings. The van der Waals surface area contributed by atoms with Crippen molar-refractivity contribution in [3.05, 3.63) is 47.3 Å². The fourth-order valence-electron chi connectivity index (χ4n) is 3.37. The molecule has 0 radical (unpaired) electrons. The number of amides is 1. The summed E-state index contributed by atoms with van der Waals surface area (Å²) in [6.45, 7) is 6.45. The Hall–Kier alpha value is -1.79. The zero-order valence-electron chi connectivity index (χ0n) is 15.6. The molecule has 0 spiro atoms. The van der Waals surface area contributed by atoms with Crippen molar-refractivity contribution in [2.24, 2.45) is 0 Å². The van der Waals surface area contributed by atoms with Crippen molar-refractivity contribution in [2.75, 3.05) is 11.1 Å². The van der Waals surface area contributed by atoms with Crippen LogP contribution in [0.4, 0.5) is 5.69 Å². The zero-order valence-corrected chi connectivity index (χ0v) is 17.2.